The molecule has 0 aliphatic heterocycles. The lowest BCUT2D eigenvalue weighted by Crippen LogP contribution is -2.06. The molecule has 0 bridgehead atoms. The minimum Gasteiger partial charge on any atom is -0.462 e. The van der Waals surface area contributed by atoms with Gasteiger partial charge in [-0.15, -0.1) is 0 Å². The Kier molecular flexibility index (Phi) is 14.6. The molecule has 0 radical (unpaired) electrons. The molecule has 0 N–H and O–H groups in total. The van der Waals surface area contributed by atoms with Crippen LogP contribution in [0.3, 0.4) is 0 Å². The van der Waals surface area contributed by atoms with Gasteiger partial charge in [0.25, 0.3) is 0 Å². The average molecular weight is 451 g/mol. The second-order valence-electron chi connectivity index (χ2n) is 8.81. The van der Waals surface area contributed by atoms with Crippen molar-refractivity contribution in [2.45, 2.75) is 96.8 Å². The fourth-order valence-corrected chi connectivity index (χ4v) is 3.82. The third kappa shape index (κ3) is 13.0. The molecule has 0 saturated carbocycles. The van der Waals surface area contributed by atoms with Crippen LogP contribution in [0.2, 0.25) is 0 Å². The van der Waals surface area contributed by atoms with Gasteiger partial charge in [-0.2, -0.15) is 10.2 Å². The lowest BCUT2D eigenvalue weighted by atomic mass is 10.0. The number of carbonyl (C=O) groups excluding carboxylic acids is 1. The number of rotatable bonds is 18. The molecule has 0 atom stereocenters. The Bertz CT molecular complexity index is 772. The first-order valence-electron chi connectivity index (χ1n) is 13.0. The Hall–Kier alpha value is -2.49. The van der Waals surface area contributed by atoms with Gasteiger partial charge in [0, 0.05) is 0 Å². The van der Waals surface area contributed by atoms with E-state index in [0.717, 1.165) is 18.5 Å². The van der Waals surface area contributed by atoms with Gasteiger partial charge in [-0.1, -0.05) is 109 Å². The summed E-state index contributed by atoms with van der Waals surface area (Å²) in [4.78, 5) is 12.2. The Morgan fingerprint density at radius 2 is 1.06 bits per heavy atom. The van der Waals surface area contributed by atoms with E-state index in [0.29, 0.717) is 17.9 Å². The summed E-state index contributed by atoms with van der Waals surface area (Å²) in [5.41, 5.74) is 2.07. The number of ether oxygens (including phenoxy) is 1. The molecule has 0 saturated heterocycles. The lowest BCUT2D eigenvalue weighted by Gasteiger charge is -2.05. The summed E-state index contributed by atoms with van der Waals surface area (Å²) in [5, 5.41) is 8.38. The van der Waals surface area contributed by atoms with Gasteiger partial charge >= 0.3 is 5.97 Å². The van der Waals surface area contributed by atoms with E-state index < -0.39 is 0 Å². The zero-order valence-corrected chi connectivity index (χ0v) is 20.5. The zero-order valence-electron chi connectivity index (χ0n) is 20.5. The molecule has 2 aromatic rings. The van der Waals surface area contributed by atoms with E-state index in [4.69, 9.17) is 4.74 Å². The van der Waals surface area contributed by atoms with E-state index in [2.05, 4.69) is 17.2 Å². The number of nitrogens with zero attached hydrogens (tertiary/aromatic N) is 2. The van der Waals surface area contributed by atoms with E-state index in [9.17, 15) is 4.79 Å². The van der Waals surface area contributed by atoms with Crippen molar-refractivity contribution >= 4 is 17.3 Å². The van der Waals surface area contributed by atoms with Gasteiger partial charge in [0.2, 0.25) is 0 Å². The van der Waals surface area contributed by atoms with Crippen LogP contribution in [0.15, 0.2) is 64.8 Å². The molecule has 2 rings (SSSR count). The zero-order chi connectivity index (χ0) is 23.4. The molecular formula is C29H42N2O2. The highest BCUT2D eigenvalue weighted by Gasteiger charge is 2.06. The normalized spacial score (nSPS) is 11.2. The van der Waals surface area contributed by atoms with Crippen molar-refractivity contribution in [3.05, 3.63) is 60.2 Å². The van der Waals surface area contributed by atoms with Crippen molar-refractivity contribution in [1.29, 1.82) is 0 Å². The smallest absolute Gasteiger partial charge is 0.338 e. The minimum absolute atomic E-state index is 0.267. The molecule has 0 aliphatic carbocycles. The van der Waals surface area contributed by atoms with Crippen molar-refractivity contribution in [2.75, 3.05) is 6.61 Å². The third-order valence-corrected chi connectivity index (χ3v) is 5.87. The summed E-state index contributed by atoms with van der Waals surface area (Å²) in [6.45, 7) is 2.77. The van der Waals surface area contributed by atoms with Crippen LogP contribution in [0.1, 0.15) is 107 Å². The van der Waals surface area contributed by atoms with Crippen LogP contribution in [0, 0.1) is 0 Å². The first-order chi connectivity index (χ1) is 16.3. The van der Waals surface area contributed by atoms with Crippen molar-refractivity contribution in [3.63, 3.8) is 0 Å². The van der Waals surface area contributed by atoms with Gasteiger partial charge < -0.3 is 4.74 Å². The Labute approximate surface area is 200 Å². The first kappa shape index (κ1) is 26.8. The summed E-state index contributed by atoms with van der Waals surface area (Å²) < 4.78 is 5.41. The molecule has 0 spiro atoms. The van der Waals surface area contributed by atoms with Gasteiger partial charge in [0.1, 0.15) is 0 Å². The molecule has 0 amide bonds. The number of esters is 1. The molecule has 0 aliphatic rings. The number of carbonyl (C=O) groups is 1. The quantitative estimate of drug-likeness (QED) is 0.129. The molecule has 0 heterocycles. The molecule has 4 heteroatoms. The molecule has 0 aromatic heterocycles. The lowest BCUT2D eigenvalue weighted by molar-refractivity contribution is 0.0497. The van der Waals surface area contributed by atoms with Gasteiger partial charge in [0.15, 0.2) is 0 Å². The average Bonchev–Trinajstić information content (AvgIpc) is 2.86. The van der Waals surface area contributed by atoms with Crippen molar-refractivity contribution in [2.24, 2.45) is 10.2 Å². The van der Waals surface area contributed by atoms with Crippen LogP contribution in [-0.2, 0) is 4.74 Å². The van der Waals surface area contributed by atoms with E-state index in [1.54, 1.807) is 24.3 Å². The molecule has 2 aromatic carbocycles. The third-order valence-electron chi connectivity index (χ3n) is 5.87. The molecule has 0 unspecified atom stereocenters. The Morgan fingerprint density at radius 3 is 1.58 bits per heavy atom. The maximum atomic E-state index is 12.2. The predicted octanol–water partition coefficient (Wildman–Crippen LogP) is 9.74. The van der Waals surface area contributed by atoms with Crippen molar-refractivity contribution in [1.82, 2.24) is 0 Å². The predicted molar refractivity (Wildman–Crippen MR) is 138 cm³/mol. The van der Waals surface area contributed by atoms with Crippen LogP contribution in [-0.4, -0.2) is 12.6 Å². The largest absolute Gasteiger partial charge is 0.462 e. The number of unbranched alkanes of at least 4 members (excludes halogenated alkanes) is 13. The van der Waals surface area contributed by atoms with E-state index >= 15 is 0 Å². The standard InChI is InChI=1S/C29H42N2O2/c1-2-3-4-5-6-7-8-9-10-11-12-13-14-18-25-33-29(32)26-21-23-28(24-22-26)31-30-27-19-16-15-17-20-27/h15-17,19-24H,2-14,18,25H2,1H3/b31-30+. The van der Waals surface area contributed by atoms with Gasteiger partial charge in [-0.05, 0) is 42.8 Å². The van der Waals surface area contributed by atoms with Crippen LogP contribution < -0.4 is 0 Å². The maximum absolute atomic E-state index is 12.2. The second-order valence-corrected chi connectivity index (χ2v) is 8.81. The number of hydrogen-bond donors (Lipinski definition) is 0. The van der Waals surface area contributed by atoms with Gasteiger partial charge in [-0.25, -0.2) is 4.79 Å². The number of hydrogen-bond acceptors (Lipinski definition) is 4. The molecular weight excluding hydrogens is 408 g/mol. The summed E-state index contributed by atoms with van der Waals surface area (Å²) in [6, 6.07) is 16.6. The van der Waals surface area contributed by atoms with Crippen molar-refractivity contribution < 1.29 is 9.53 Å². The molecule has 180 valence electrons. The summed E-state index contributed by atoms with van der Waals surface area (Å²) in [6.07, 6.45) is 18.5. The van der Waals surface area contributed by atoms with Crippen LogP contribution >= 0.6 is 0 Å². The SMILES string of the molecule is CCCCCCCCCCCCCCCCOC(=O)c1ccc(/N=N/c2ccccc2)cc1. The fraction of sp³-hybridized carbons (Fsp3) is 0.552. The highest BCUT2D eigenvalue weighted by atomic mass is 16.5. The van der Waals surface area contributed by atoms with E-state index in [-0.39, 0.29) is 5.97 Å². The summed E-state index contributed by atoms with van der Waals surface area (Å²) >= 11 is 0. The molecule has 4 nitrogen and oxygen atoms in total. The van der Waals surface area contributed by atoms with E-state index in [1.165, 1.54) is 77.0 Å². The highest BCUT2D eigenvalue weighted by molar-refractivity contribution is 5.89. The Morgan fingerprint density at radius 1 is 0.606 bits per heavy atom. The van der Waals surface area contributed by atoms with Crippen molar-refractivity contribution in [3.8, 4) is 0 Å². The molecule has 33 heavy (non-hydrogen) atoms. The topological polar surface area (TPSA) is 51.0 Å². The van der Waals surface area contributed by atoms with Gasteiger partial charge in [0.05, 0.1) is 23.5 Å². The molecule has 0 fully saturated rings. The fourth-order valence-electron chi connectivity index (χ4n) is 3.82. The first-order valence-corrected chi connectivity index (χ1v) is 13.0. The van der Waals surface area contributed by atoms with Crippen LogP contribution in [0.5, 0.6) is 0 Å². The number of azo groups is 1. The summed E-state index contributed by atoms with van der Waals surface area (Å²) in [5.74, 6) is -0.267. The second kappa shape index (κ2) is 18.0. The maximum Gasteiger partial charge on any atom is 0.338 e. The minimum atomic E-state index is -0.267. The Balaban J connectivity index is 1.45. The van der Waals surface area contributed by atoms with Gasteiger partial charge in [-0.3, -0.25) is 0 Å². The van der Waals surface area contributed by atoms with Crippen LogP contribution in [0.4, 0.5) is 11.4 Å². The van der Waals surface area contributed by atoms with E-state index in [1.807, 2.05) is 30.3 Å². The van der Waals surface area contributed by atoms with Crippen LogP contribution in [0.25, 0.3) is 0 Å². The number of benzene rings is 2. The summed E-state index contributed by atoms with van der Waals surface area (Å²) in [7, 11) is 0. The highest BCUT2D eigenvalue weighted by Crippen LogP contribution is 2.19. The monoisotopic (exact) mass is 450 g/mol.